The zero-order valence-corrected chi connectivity index (χ0v) is 11.3. The van der Waals surface area contributed by atoms with Gasteiger partial charge in [-0.15, -0.1) is 0 Å². The number of pyridine rings is 1. The summed E-state index contributed by atoms with van der Waals surface area (Å²) in [6, 6.07) is 16.6. The molecule has 0 radical (unpaired) electrons. The molecule has 0 saturated heterocycles. The number of halogens is 1. The van der Waals surface area contributed by atoms with Gasteiger partial charge in [0.15, 0.2) is 0 Å². The number of fused-ring (bicyclic) bond motifs is 1. The Bertz CT molecular complexity index is 741. The minimum atomic E-state index is -0.124. The smallest absolute Gasteiger partial charge is 0.225 e. The molecule has 3 aromatic rings. The van der Waals surface area contributed by atoms with E-state index in [-0.39, 0.29) is 6.61 Å². The summed E-state index contributed by atoms with van der Waals surface area (Å²) in [5.41, 5.74) is 1.48. The van der Waals surface area contributed by atoms with Gasteiger partial charge in [-0.25, -0.2) is 4.98 Å². The van der Waals surface area contributed by atoms with Gasteiger partial charge >= 0.3 is 0 Å². The van der Waals surface area contributed by atoms with Crippen LogP contribution in [0.3, 0.4) is 0 Å². The third kappa shape index (κ3) is 2.59. The highest BCUT2D eigenvalue weighted by Gasteiger charge is 2.08. The first-order chi connectivity index (χ1) is 9.76. The summed E-state index contributed by atoms with van der Waals surface area (Å²) in [6.07, 6.45) is 0. The SMILES string of the molecule is OCc1cc2ccccc2nc1Oc1ccc(Cl)cc1. The van der Waals surface area contributed by atoms with Gasteiger partial charge in [0, 0.05) is 16.0 Å². The number of aliphatic hydroxyl groups is 1. The van der Waals surface area contributed by atoms with E-state index in [0.29, 0.717) is 22.2 Å². The molecule has 0 spiro atoms. The minimum Gasteiger partial charge on any atom is -0.439 e. The van der Waals surface area contributed by atoms with Crippen molar-refractivity contribution in [3.63, 3.8) is 0 Å². The lowest BCUT2D eigenvalue weighted by Gasteiger charge is -2.10. The van der Waals surface area contributed by atoms with Crippen molar-refractivity contribution in [1.82, 2.24) is 4.98 Å². The molecule has 0 fully saturated rings. The Kier molecular flexibility index (Phi) is 3.54. The van der Waals surface area contributed by atoms with E-state index in [0.717, 1.165) is 10.9 Å². The highest BCUT2D eigenvalue weighted by Crippen LogP contribution is 2.27. The Labute approximate surface area is 121 Å². The van der Waals surface area contributed by atoms with E-state index in [1.807, 2.05) is 30.3 Å². The van der Waals surface area contributed by atoms with Gasteiger partial charge in [-0.3, -0.25) is 0 Å². The fourth-order valence-electron chi connectivity index (χ4n) is 1.96. The fraction of sp³-hybridized carbons (Fsp3) is 0.0625. The molecule has 0 unspecified atom stereocenters. The maximum atomic E-state index is 9.46. The monoisotopic (exact) mass is 285 g/mol. The van der Waals surface area contributed by atoms with Crippen LogP contribution in [0.1, 0.15) is 5.56 Å². The third-order valence-corrected chi connectivity index (χ3v) is 3.21. The maximum absolute atomic E-state index is 9.46. The summed E-state index contributed by atoms with van der Waals surface area (Å²) in [5, 5.41) is 11.1. The van der Waals surface area contributed by atoms with Crippen LogP contribution in [-0.2, 0) is 6.61 Å². The van der Waals surface area contributed by atoms with Crippen LogP contribution >= 0.6 is 11.6 Å². The van der Waals surface area contributed by atoms with Crippen LogP contribution < -0.4 is 4.74 Å². The first kappa shape index (κ1) is 12.9. The molecular formula is C16H12ClNO2. The second kappa shape index (κ2) is 5.49. The van der Waals surface area contributed by atoms with Crippen molar-refractivity contribution >= 4 is 22.5 Å². The molecule has 0 amide bonds. The Morgan fingerprint density at radius 3 is 2.55 bits per heavy atom. The lowest BCUT2D eigenvalue weighted by molar-refractivity contribution is 0.275. The van der Waals surface area contributed by atoms with Crippen molar-refractivity contribution in [2.75, 3.05) is 0 Å². The Balaban J connectivity index is 2.03. The van der Waals surface area contributed by atoms with E-state index in [1.165, 1.54) is 0 Å². The van der Waals surface area contributed by atoms with Crippen molar-refractivity contribution in [3.8, 4) is 11.6 Å². The molecule has 20 heavy (non-hydrogen) atoms. The summed E-state index contributed by atoms with van der Waals surface area (Å²) in [7, 11) is 0. The maximum Gasteiger partial charge on any atom is 0.225 e. The summed E-state index contributed by atoms with van der Waals surface area (Å²) in [6.45, 7) is -0.124. The minimum absolute atomic E-state index is 0.124. The largest absolute Gasteiger partial charge is 0.439 e. The summed E-state index contributed by atoms with van der Waals surface area (Å²) < 4.78 is 5.73. The molecule has 3 nitrogen and oxygen atoms in total. The van der Waals surface area contributed by atoms with Crippen LogP contribution in [0.2, 0.25) is 5.02 Å². The molecule has 1 N–H and O–H groups in total. The zero-order valence-electron chi connectivity index (χ0n) is 10.6. The molecule has 0 saturated carbocycles. The van der Waals surface area contributed by atoms with Gasteiger partial charge in [0.25, 0.3) is 0 Å². The molecule has 0 aliphatic heterocycles. The van der Waals surface area contributed by atoms with Crippen LogP contribution in [0.25, 0.3) is 10.9 Å². The molecule has 1 heterocycles. The molecule has 4 heteroatoms. The Morgan fingerprint density at radius 2 is 1.80 bits per heavy atom. The van der Waals surface area contributed by atoms with Crippen molar-refractivity contribution in [2.45, 2.75) is 6.61 Å². The molecule has 0 aliphatic rings. The topological polar surface area (TPSA) is 42.4 Å². The normalized spacial score (nSPS) is 10.7. The van der Waals surface area contributed by atoms with E-state index in [1.54, 1.807) is 24.3 Å². The number of rotatable bonds is 3. The van der Waals surface area contributed by atoms with Crippen LogP contribution in [0.5, 0.6) is 11.6 Å². The van der Waals surface area contributed by atoms with Gasteiger partial charge < -0.3 is 9.84 Å². The molecule has 0 aliphatic carbocycles. The van der Waals surface area contributed by atoms with Crippen LogP contribution in [0.4, 0.5) is 0 Å². The first-order valence-electron chi connectivity index (χ1n) is 6.19. The van der Waals surface area contributed by atoms with E-state index in [9.17, 15) is 5.11 Å². The van der Waals surface area contributed by atoms with Gasteiger partial charge in [-0.1, -0.05) is 29.8 Å². The highest BCUT2D eigenvalue weighted by atomic mass is 35.5. The number of para-hydroxylation sites is 1. The predicted molar refractivity (Wildman–Crippen MR) is 79.2 cm³/mol. The summed E-state index contributed by atoms with van der Waals surface area (Å²) in [4.78, 5) is 4.45. The average molecular weight is 286 g/mol. The van der Waals surface area contributed by atoms with Gasteiger partial charge in [-0.2, -0.15) is 0 Å². The number of hydrogen-bond acceptors (Lipinski definition) is 3. The first-order valence-corrected chi connectivity index (χ1v) is 6.57. The number of nitrogens with zero attached hydrogens (tertiary/aromatic N) is 1. The standard InChI is InChI=1S/C16H12ClNO2/c17-13-5-7-14(8-6-13)20-16-12(10-19)9-11-3-1-2-4-15(11)18-16/h1-9,19H,10H2. The van der Waals surface area contributed by atoms with E-state index >= 15 is 0 Å². The molecule has 2 aromatic carbocycles. The summed E-state index contributed by atoms with van der Waals surface area (Å²) >= 11 is 5.84. The number of aromatic nitrogens is 1. The van der Waals surface area contributed by atoms with Crippen molar-refractivity contribution in [2.24, 2.45) is 0 Å². The number of aliphatic hydroxyl groups excluding tert-OH is 1. The molecule has 1 aromatic heterocycles. The van der Waals surface area contributed by atoms with Crippen molar-refractivity contribution < 1.29 is 9.84 Å². The van der Waals surface area contributed by atoms with E-state index < -0.39 is 0 Å². The third-order valence-electron chi connectivity index (χ3n) is 2.96. The second-order valence-electron chi connectivity index (χ2n) is 4.36. The molecular weight excluding hydrogens is 274 g/mol. The lowest BCUT2D eigenvalue weighted by Crippen LogP contribution is -1.95. The summed E-state index contributed by atoms with van der Waals surface area (Å²) in [5.74, 6) is 1.04. The van der Waals surface area contributed by atoms with Crippen molar-refractivity contribution in [1.29, 1.82) is 0 Å². The number of ether oxygens (including phenoxy) is 1. The van der Waals surface area contributed by atoms with Gasteiger partial charge in [0.2, 0.25) is 5.88 Å². The fourth-order valence-corrected chi connectivity index (χ4v) is 2.08. The number of benzene rings is 2. The van der Waals surface area contributed by atoms with E-state index in [2.05, 4.69) is 4.98 Å². The van der Waals surface area contributed by atoms with Gasteiger partial charge in [-0.05, 0) is 36.4 Å². The zero-order chi connectivity index (χ0) is 13.9. The Morgan fingerprint density at radius 1 is 1.05 bits per heavy atom. The van der Waals surface area contributed by atoms with Crippen molar-refractivity contribution in [3.05, 3.63) is 65.2 Å². The second-order valence-corrected chi connectivity index (χ2v) is 4.80. The molecule has 3 rings (SSSR count). The van der Waals surface area contributed by atoms with Gasteiger partial charge in [0.05, 0.1) is 12.1 Å². The lowest BCUT2D eigenvalue weighted by atomic mass is 10.1. The molecule has 0 atom stereocenters. The quantitative estimate of drug-likeness (QED) is 0.785. The van der Waals surface area contributed by atoms with Crippen LogP contribution in [-0.4, -0.2) is 10.1 Å². The van der Waals surface area contributed by atoms with Crippen LogP contribution in [0.15, 0.2) is 54.6 Å². The highest BCUT2D eigenvalue weighted by molar-refractivity contribution is 6.30. The van der Waals surface area contributed by atoms with E-state index in [4.69, 9.17) is 16.3 Å². The number of hydrogen-bond donors (Lipinski definition) is 1. The Hall–Kier alpha value is -2.10. The van der Waals surface area contributed by atoms with Crippen LogP contribution in [0, 0.1) is 0 Å². The predicted octanol–water partition coefficient (Wildman–Crippen LogP) is 4.17. The molecule has 0 bridgehead atoms. The van der Waals surface area contributed by atoms with Gasteiger partial charge in [0.1, 0.15) is 5.75 Å². The average Bonchev–Trinajstić information content (AvgIpc) is 2.49. The molecule has 100 valence electrons.